The van der Waals surface area contributed by atoms with Crippen molar-refractivity contribution in [1.29, 1.82) is 0 Å². The molecule has 2 aromatic heterocycles. The average Bonchev–Trinajstić information content (AvgIpc) is 3.30. The number of imidazole rings is 1. The third kappa shape index (κ3) is 3.69. The van der Waals surface area contributed by atoms with Gasteiger partial charge in [0, 0.05) is 18.3 Å². The number of anilines is 1. The molecule has 0 aliphatic carbocycles. The first-order chi connectivity index (χ1) is 12.3. The van der Waals surface area contributed by atoms with Crippen LogP contribution in [0.2, 0.25) is 0 Å². The van der Waals surface area contributed by atoms with Crippen molar-refractivity contribution < 1.29 is 4.79 Å². The number of aromatic amines is 1. The van der Waals surface area contributed by atoms with Crippen molar-refractivity contribution in [2.45, 2.75) is 19.3 Å². The summed E-state index contributed by atoms with van der Waals surface area (Å²) >= 11 is 0. The molecule has 1 atom stereocenters. The SMILES string of the molecule is O=C(CCC1CCNC1)Nc1ccc2nc(-c3ccccn3)[nH]c2c1. The zero-order valence-corrected chi connectivity index (χ0v) is 14.0. The van der Waals surface area contributed by atoms with Gasteiger partial charge in [-0.05, 0) is 62.2 Å². The molecule has 0 radical (unpaired) electrons. The minimum Gasteiger partial charge on any atom is -0.337 e. The number of carbonyl (C=O) groups excluding carboxylic acids is 1. The second-order valence-corrected chi connectivity index (χ2v) is 6.48. The molecule has 3 heterocycles. The van der Waals surface area contributed by atoms with Crippen molar-refractivity contribution in [3.63, 3.8) is 0 Å². The summed E-state index contributed by atoms with van der Waals surface area (Å²) < 4.78 is 0. The Labute approximate surface area is 146 Å². The van der Waals surface area contributed by atoms with Gasteiger partial charge in [0.1, 0.15) is 5.69 Å². The number of nitrogens with one attached hydrogen (secondary N) is 3. The zero-order valence-electron chi connectivity index (χ0n) is 14.0. The van der Waals surface area contributed by atoms with Gasteiger partial charge >= 0.3 is 0 Å². The lowest BCUT2D eigenvalue weighted by atomic mass is 10.0. The highest BCUT2D eigenvalue weighted by Crippen LogP contribution is 2.22. The maximum absolute atomic E-state index is 12.2. The monoisotopic (exact) mass is 335 g/mol. The number of nitrogens with zero attached hydrogens (tertiary/aromatic N) is 2. The van der Waals surface area contributed by atoms with E-state index in [1.165, 1.54) is 6.42 Å². The van der Waals surface area contributed by atoms with Gasteiger partial charge in [-0.2, -0.15) is 0 Å². The quantitative estimate of drug-likeness (QED) is 0.669. The number of benzene rings is 1. The third-order valence-corrected chi connectivity index (χ3v) is 4.62. The van der Waals surface area contributed by atoms with Crippen molar-refractivity contribution in [1.82, 2.24) is 20.3 Å². The van der Waals surface area contributed by atoms with Crippen LogP contribution in [0.25, 0.3) is 22.6 Å². The fourth-order valence-electron chi connectivity index (χ4n) is 3.23. The lowest BCUT2D eigenvalue weighted by Gasteiger charge is -2.08. The molecule has 0 saturated carbocycles. The molecule has 3 aromatic rings. The van der Waals surface area contributed by atoms with Crippen LogP contribution in [0, 0.1) is 5.92 Å². The first kappa shape index (κ1) is 15.8. The van der Waals surface area contributed by atoms with E-state index in [1.807, 2.05) is 36.4 Å². The van der Waals surface area contributed by atoms with Crippen LogP contribution in [0.15, 0.2) is 42.6 Å². The number of aromatic nitrogens is 3. The van der Waals surface area contributed by atoms with Crippen LogP contribution in [0.1, 0.15) is 19.3 Å². The molecule has 1 aromatic carbocycles. The molecule has 1 aliphatic heterocycles. The molecule has 1 saturated heterocycles. The summed E-state index contributed by atoms with van der Waals surface area (Å²) in [5, 5.41) is 6.32. The van der Waals surface area contributed by atoms with Gasteiger partial charge in [-0.3, -0.25) is 9.78 Å². The highest BCUT2D eigenvalue weighted by Gasteiger charge is 2.16. The second kappa shape index (κ2) is 7.03. The van der Waals surface area contributed by atoms with Gasteiger partial charge in [0.2, 0.25) is 5.91 Å². The van der Waals surface area contributed by atoms with Gasteiger partial charge in [0.15, 0.2) is 5.82 Å². The topological polar surface area (TPSA) is 82.7 Å². The lowest BCUT2D eigenvalue weighted by molar-refractivity contribution is -0.116. The molecular formula is C19H21N5O. The molecule has 6 nitrogen and oxygen atoms in total. The first-order valence-electron chi connectivity index (χ1n) is 8.70. The Bertz CT molecular complexity index is 868. The van der Waals surface area contributed by atoms with Crippen LogP contribution >= 0.6 is 0 Å². The van der Waals surface area contributed by atoms with Gasteiger partial charge in [0.25, 0.3) is 0 Å². The molecule has 4 rings (SSSR count). The van der Waals surface area contributed by atoms with E-state index in [2.05, 4.69) is 25.6 Å². The minimum absolute atomic E-state index is 0.0655. The summed E-state index contributed by atoms with van der Waals surface area (Å²) in [4.78, 5) is 24.3. The summed E-state index contributed by atoms with van der Waals surface area (Å²) in [6.07, 6.45) is 4.42. The van der Waals surface area contributed by atoms with E-state index in [1.54, 1.807) is 6.20 Å². The molecule has 0 spiro atoms. The number of hydrogen-bond donors (Lipinski definition) is 3. The van der Waals surface area contributed by atoms with Crippen LogP contribution in [0.4, 0.5) is 5.69 Å². The molecule has 128 valence electrons. The van der Waals surface area contributed by atoms with Crippen LogP contribution in [-0.2, 0) is 4.79 Å². The highest BCUT2D eigenvalue weighted by molar-refractivity contribution is 5.93. The molecule has 3 N–H and O–H groups in total. The van der Waals surface area contributed by atoms with Gasteiger partial charge in [0.05, 0.1) is 11.0 Å². The smallest absolute Gasteiger partial charge is 0.224 e. The standard InChI is InChI=1S/C19H21N5O/c25-18(7-4-13-8-10-20-12-13)22-14-5-6-15-17(11-14)24-19(23-15)16-3-1-2-9-21-16/h1-3,5-6,9,11,13,20H,4,7-8,10,12H2,(H,22,25)(H,23,24). The maximum atomic E-state index is 12.2. The van der Waals surface area contributed by atoms with Gasteiger partial charge in [-0.25, -0.2) is 4.98 Å². The average molecular weight is 335 g/mol. The first-order valence-corrected chi connectivity index (χ1v) is 8.70. The molecule has 1 fully saturated rings. The number of fused-ring (bicyclic) bond motifs is 1. The van der Waals surface area contributed by atoms with E-state index in [4.69, 9.17) is 0 Å². The van der Waals surface area contributed by atoms with Crippen LogP contribution in [0.3, 0.4) is 0 Å². The second-order valence-electron chi connectivity index (χ2n) is 6.48. The molecule has 1 amide bonds. The van der Waals surface area contributed by atoms with E-state index >= 15 is 0 Å². The Balaban J connectivity index is 1.44. The van der Waals surface area contributed by atoms with Gasteiger partial charge < -0.3 is 15.6 Å². The van der Waals surface area contributed by atoms with Crippen molar-refractivity contribution in [2.75, 3.05) is 18.4 Å². The summed E-state index contributed by atoms with van der Waals surface area (Å²) in [6, 6.07) is 11.4. The van der Waals surface area contributed by atoms with Gasteiger partial charge in [-0.1, -0.05) is 6.07 Å². The number of pyridine rings is 1. The normalized spacial score (nSPS) is 17.0. The number of rotatable bonds is 5. The number of carbonyl (C=O) groups is 1. The van der Waals surface area contributed by atoms with E-state index in [0.29, 0.717) is 12.3 Å². The Morgan fingerprint density at radius 3 is 3.04 bits per heavy atom. The molecule has 25 heavy (non-hydrogen) atoms. The number of hydrogen-bond acceptors (Lipinski definition) is 4. The predicted molar refractivity (Wildman–Crippen MR) is 98.2 cm³/mol. The fraction of sp³-hybridized carbons (Fsp3) is 0.316. The molecule has 6 heteroatoms. The molecule has 1 unspecified atom stereocenters. The maximum Gasteiger partial charge on any atom is 0.224 e. The lowest BCUT2D eigenvalue weighted by Crippen LogP contribution is -2.14. The number of amides is 1. The van der Waals surface area contributed by atoms with Crippen LogP contribution < -0.4 is 10.6 Å². The van der Waals surface area contributed by atoms with Crippen molar-refractivity contribution >= 4 is 22.6 Å². The highest BCUT2D eigenvalue weighted by atomic mass is 16.1. The molecule has 1 aliphatic rings. The van der Waals surface area contributed by atoms with Crippen molar-refractivity contribution in [2.24, 2.45) is 5.92 Å². The third-order valence-electron chi connectivity index (χ3n) is 4.62. The van der Waals surface area contributed by atoms with Crippen molar-refractivity contribution in [3.05, 3.63) is 42.6 Å². The fourth-order valence-corrected chi connectivity index (χ4v) is 3.23. The summed E-state index contributed by atoms with van der Waals surface area (Å²) in [5.41, 5.74) is 3.34. The number of H-pyrrole nitrogens is 1. The van der Waals surface area contributed by atoms with Crippen LogP contribution in [0.5, 0.6) is 0 Å². The van der Waals surface area contributed by atoms with Gasteiger partial charge in [-0.15, -0.1) is 0 Å². The van der Waals surface area contributed by atoms with E-state index in [-0.39, 0.29) is 5.91 Å². The summed E-state index contributed by atoms with van der Waals surface area (Å²) in [5.74, 6) is 1.42. The Morgan fingerprint density at radius 2 is 2.24 bits per heavy atom. The Hall–Kier alpha value is -2.73. The Kier molecular flexibility index (Phi) is 4.43. The van der Waals surface area contributed by atoms with E-state index in [0.717, 1.165) is 47.7 Å². The Morgan fingerprint density at radius 1 is 1.28 bits per heavy atom. The van der Waals surface area contributed by atoms with Crippen molar-refractivity contribution in [3.8, 4) is 11.5 Å². The summed E-state index contributed by atoms with van der Waals surface area (Å²) in [6.45, 7) is 2.10. The molecule has 0 bridgehead atoms. The molecular weight excluding hydrogens is 314 g/mol. The largest absolute Gasteiger partial charge is 0.337 e. The minimum atomic E-state index is 0.0655. The summed E-state index contributed by atoms with van der Waals surface area (Å²) in [7, 11) is 0. The van der Waals surface area contributed by atoms with E-state index in [9.17, 15) is 4.79 Å². The van der Waals surface area contributed by atoms with E-state index < -0.39 is 0 Å². The predicted octanol–water partition coefficient (Wildman–Crippen LogP) is 2.95. The zero-order chi connectivity index (χ0) is 17.1. The van der Waals surface area contributed by atoms with Crippen LogP contribution in [-0.4, -0.2) is 33.9 Å².